The lowest BCUT2D eigenvalue weighted by atomic mass is 10.1. The summed E-state index contributed by atoms with van der Waals surface area (Å²) in [4.78, 5) is 15.9. The Hall–Kier alpha value is -1.60. The van der Waals surface area contributed by atoms with Crippen molar-refractivity contribution >= 4 is 21.5 Å². The van der Waals surface area contributed by atoms with E-state index in [1.165, 1.54) is 13.4 Å². The van der Waals surface area contributed by atoms with E-state index in [-0.39, 0.29) is 17.8 Å². The van der Waals surface area contributed by atoms with Gasteiger partial charge in [-0.25, -0.2) is 13.2 Å². The maximum atomic E-state index is 11.5. The molecule has 1 saturated heterocycles. The number of rotatable bonds is 5. The van der Waals surface area contributed by atoms with Gasteiger partial charge in [0.05, 0.1) is 18.4 Å². The average molecular weight is 340 g/mol. The third-order valence-electron chi connectivity index (χ3n) is 4.17. The number of piperazine rings is 1. The quantitative estimate of drug-likeness (QED) is 0.746. The number of carbonyl (C=O) groups excluding carboxylic acids is 1. The molecule has 0 amide bonds. The largest absolute Gasteiger partial charge is 0.465 e. The highest BCUT2D eigenvalue weighted by molar-refractivity contribution is 7.90. The number of esters is 1. The SMILES string of the molecule is COC(=O)c1ccc(N2CCN(CCS(C)(=O)=O)C(C)C2)cc1. The summed E-state index contributed by atoms with van der Waals surface area (Å²) in [6, 6.07) is 7.66. The molecular weight excluding hydrogens is 316 g/mol. The van der Waals surface area contributed by atoms with Gasteiger partial charge in [-0.15, -0.1) is 0 Å². The van der Waals surface area contributed by atoms with E-state index in [0.29, 0.717) is 12.1 Å². The molecule has 1 aliphatic rings. The lowest BCUT2D eigenvalue weighted by Gasteiger charge is -2.41. The van der Waals surface area contributed by atoms with E-state index in [9.17, 15) is 13.2 Å². The molecule has 1 aliphatic heterocycles. The van der Waals surface area contributed by atoms with E-state index < -0.39 is 9.84 Å². The van der Waals surface area contributed by atoms with Crippen LogP contribution in [0, 0.1) is 0 Å². The van der Waals surface area contributed by atoms with E-state index in [2.05, 4.69) is 16.7 Å². The van der Waals surface area contributed by atoms with E-state index in [1.54, 1.807) is 12.1 Å². The van der Waals surface area contributed by atoms with Crippen LogP contribution in [0.1, 0.15) is 17.3 Å². The zero-order valence-electron chi connectivity index (χ0n) is 13.9. The summed E-state index contributed by atoms with van der Waals surface area (Å²) in [6.07, 6.45) is 1.27. The zero-order chi connectivity index (χ0) is 17.0. The number of hydrogen-bond acceptors (Lipinski definition) is 6. The number of anilines is 1. The predicted molar refractivity (Wildman–Crippen MR) is 90.7 cm³/mol. The van der Waals surface area contributed by atoms with Gasteiger partial charge in [0, 0.05) is 44.2 Å². The van der Waals surface area contributed by atoms with Gasteiger partial charge in [0.2, 0.25) is 0 Å². The van der Waals surface area contributed by atoms with Gasteiger partial charge in [0.25, 0.3) is 0 Å². The summed E-state index contributed by atoms with van der Waals surface area (Å²) >= 11 is 0. The van der Waals surface area contributed by atoms with Gasteiger partial charge in [0.15, 0.2) is 0 Å². The van der Waals surface area contributed by atoms with Crippen molar-refractivity contribution in [3.05, 3.63) is 29.8 Å². The normalized spacial score (nSPS) is 19.6. The van der Waals surface area contributed by atoms with Crippen molar-refractivity contribution < 1.29 is 17.9 Å². The monoisotopic (exact) mass is 340 g/mol. The zero-order valence-corrected chi connectivity index (χ0v) is 14.7. The molecule has 2 rings (SSSR count). The molecule has 0 spiro atoms. The molecular formula is C16H24N2O4S. The first-order valence-electron chi connectivity index (χ1n) is 7.65. The standard InChI is InChI=1S/C16H24N2O4S/c1-13-12-18(9-8-17(13)10-11-23(3,20)21)15-6-4-14(5-7-15)16(19)22-2/h4-7,13H,8-12H2,1-3H3. The molecule has 0 bridgehead atoms. The topological polar surface area (TPSA) is 66.9 Å². The average Bonchev–Trinajstić information content (AvgIpc) is 2.52. The molecule has 0 aromatic heterocycles. The van der Waals surface area contributed by atoms with E-state index >= 15 is 0 Å². The molecule has 1 aromatic rings. The number of benzene rings is 1. The molecule has 1 heterocycles. The molecule has 7 heteroatoms. The fraction of sp³-hybridized carbons (Fsp3) is 0.562. The maximum absolute atomic E-state index is 11.5. The summed E-state index contributed by atoms with van der Waals surface area (Å²) in [5.41, 5.74) is 1.60. The maximum Gasteiger partial charge on any atom is 0.337 e. The number of sulfone groups is 1. The van der Waals surface area contributed by atoms with Crippen molar-refractivity contribution in [3.8, 4) is 0 Å². The van der Waals surface area contributed by atoms with Crippen LogP contribution in [0.4, 0.5) is 5.69 Å². The Balaban J connectivity index is 1.95. The third-order valence-corrected chi connectivity index (χ3v) is 5.09. The first-order valence-corrected chi connectivity index (χ1v) is 9.71. The second-order valence-electron chi connectivity index (χ2n) is 6.00. The van der Waals surface area contributed by atoms with Crippen LogP contribution in [0.15, 0.2) is 24.3 Å². The van der Waals surface area contributed by atoms with Gasteiger partial charge in [-0.05, 0) is 31.2 Å². The Bertz CT molecular complexity index is 643. The van der Waals surface area contributed by atoms with Crippen molar-refractivity contribution in [2.24, 2.45) is 0 Å². The van der Waals surface area contributed by atoms with Crippen molar-refractivity contribution in [1.29, 1.82) is 0 Å². The van der Waals surface area contributed by atoms with Crippen molar-refractivity contribution in [1.82, 2.24) is 4.90 Å². The highest BCUT2D eigenvalue weighted by Crippen LogP contribution is 2.20. The van der Waals surface area contributed by atoms with Gasteiger partial charge < -0.3 is 9.64 Å². The molecule has 1 fully saturated rings. The second-order valence-corrected chi connectivity index (χ2v) is 8.26. The van der Waals surface area contributed by atoms with Gasteiger partial charge in [-0.3, -0.25) is 4.90 Å². The molecule has 0 N–H and O–H groups in total. The van der Waals surface area contributed by atoms with Crippen LogP contribution in [0.3, 0.4) is 0 Å². The predicted octanol–water partition coefficient (Wildman–Crippen LogP) is 1.03. The van der Waals surface area contributed by atoms with Crippen molar-refractivity contribution in [2.45, 2.75) is 13.0 Å². The number of carbonyl (C=O) groups is 1. The number of nitrogens with zero attached hydrogens (tertiary/aromatic N) is 2. The van der Waals surface area contributed by atoms with Crippen LogP contribution in [0.2, 0.25) is 0 Å². The Morgan fingerprint density at radius 1 is 1.26 bits per heavy atom. The molecule has 0 radical (unpaired) electrons. The van der Waals surface area contributed by atoms with E-state index in [0.717, 1.165) is 25.3 Å². The first kappa shape index (κ1) is 17.7. The van der Waals surface area contributed by atoms with Crippen LogP contribution in [-0.2, 0) is 14.6 Å². The highest BCUT2D eigenvalue weighted by Gasteiger charge is 2.24. The molecule has 128 valence electrons. The minimum atomic E-state index is -2.93. The Morgan fingerprint density at radius 2 is 1.91 bits per heavy atom. The van der Waals surface area contributed by atoms with Crippen LogP contribution >= 0.6 is 0 Å². The molecule has 1 aromatic carbocycles. The van der Waals surface area contributed by atoms with Crippen molar-refractivity contribution in [3.63, 3.8) is 0 Å². The van der Waals surface area contributed by atoms with Crippen LogP contribution in [-0.4, -0.2) is 70.6 Å². The Morgan fingerprint density at radius 3 is 2.43 bits per heavy atom. The van der Waals surface area contributed by atoms with Gasteiger partial charge >= 0.3 is 5.97 Å². The van der Waals surface area contributed by atoms with Gasteiger partial charge in [-0.2, -0.15) is 0 Å². The van der Waals surface area contributed by atoms with E-state index in [1.807, 2.05) is 12.1 Å². The minimum Gasteiger partial charge on any atom is -0.465 e. The van der Waals surface area contributed by atoms with Gasteiger partial charge in [-0.1, -0.05) is 0 Å². The van der Waals surface area contributed by atoms with Crippen LogP contribution < -0.4 is 4.90 Å². The molecule has 6 nitrogen and oxygen atoms in total. The Labute approximate surface area is 137 Å². The summed E-state index contributed by atoms with van der Waals surface area (Å²) in [5.74, 6) is -0.138. The minimum absolute atomic E-state index is 0.200. The number of hydrogen-bond donors (Lipinski definition) is 0. The summed E-state index contributed by atoms with van der Waals surface area (Å²) in [6.45, 7) is 5.19. The van der Waals surface area contributed by atoms with Gasteiger partial charge in [0.1, 0.15) is 9.84 Å². The summed E-state index contributed by atoms with van der Waals surface area (Å²) < 4.78 is 27.3. The summed E-state index contributed by atoms with van der Waals surface area (Å²) in [5, 5.41) is 0. The van der Waals surface area contributed by atoms with Crippen LogP contribution in [0.25, 0.3) is 0 Å². The first-order chi connectivity index (χ1) is 10.8. The lowest BCUT2D eigenvalue weighted by Crippen LogP contribution is -2.53. The summed E-state index contributed by atoms with van der Waals surface area (Å²) in [7, 11) is -1.56. The molecule has 0 saturated carbocycles. The fourth-order valence-corrected chi connectivity index (χ4v) is 3.34. The number of methoxy groups -OCH3 is 1. The highest BCUT2D eigenvalue weighted by atomic mass is 32.2. The second kappa shape index (κ2) is 7.31. The van der Waals surface area contributed by atoms with E-state index in [4.69, 9.17) is 4.74 Å². The van der Waals surface area contributed by atoms with Crippen molar-refractivity contribution in [2.75, 3.05) is 50.2 Å². The molecule has 23 heavy (non-hydrogen) atoms. The third kappa shape index (κ3) is 4.94. The molecule has 1 unspecified atom stereocenters. The Kier molecular flexibility index (Phi) is 5.64. The molecule has 1 atom stereocenters. The molecule has 0 aliphatic carbocycles. The smallest absolute Gasteiger partial charge is 0.337 e. The lowest BCUT2D eigenvalue weighted by molar-refractivity contribution is 0.0600. The number of ether oxygens (including phenoxy) is 1. The van der Waals surface area contributed by atoms with Crippen LogP contribution in [0.5, 0.6) is 0 Å². The fourth-order valence-electron chi connectivity index (χ4n) is 2.77.